The zero-order chi connectivity index (χ0) is 11.7. The van der Waals surface area contributed by atoms with Gasteiger partial charge in [-0.25, -0.2) is 9.78 Å². The Morgan fingerprint density at radius 3 is 2.88 bits per heavy atom. The number of imidazole rings is 1. The minimum Gasteiger partial charge on any atom is -0.478 e. The highest BCUT2D eigenvalue weighted by molar-refractivity contribution is 5.94. The number of hydrogen-bond donors (Lipinski definition) is 2. The molecule has 6 heteroatoms. The van der Waals surface area contributed by atoms with Gasteiger partial charge in [-0.1, -0.05) is 0 Å². The molecule has 2 heterocycles. The smallest absolute Gasteiger partial charge is 0.336 e. The molecule has 0 aliphatic rings. The van der Waals surface area contributed by atoms with E-state index in [-0.39, 0.29) is 5.56 Å². The molecule has 0 unspecified atom stereocenters. The Kier molecular flexibility index (Phi) is 2.32. The van der Waals surface area contributed by atoms with Gasteiger partial charge >= 0.3 is 5.97 Å². The van der Waals surface area contributed by atoms with Gasteiger partial charge in [0.05, 0.1) is 5.56 Å². The van der Waals surface area contributed by atoms with Crippen molar-refractivity contribution in [3.8, 4) is 11.4 Å². The molecule has 0 saturated carbocycles. The van der Waals surface area contributed by atoms with Crippen LogP contribution in [0, 0.1) is 0 Å². The lowest BCUT2D eigenvalue weighted by atomic mass is 10.1. The number of aromatic amines is 1. The Morgan fingerprint density at radius 1 is 1.56 bits per heavy atom. The lowest BCUT2D eigenvalue weighted by Gasteiger charge is -2.04. The zero-order valence-electron chi connectivity index (χ0n) is 8.47. The number of nitrogens with zero attached hydrogens (tertiary/aromatic N) is 2. The van der Waals surface area contributed by atoms with Crippen molar-refractivity contribution in [2.24, 2.45) is 7.05 Å². The fourth-order valence-corrected chi connectivity index (χ4v) is 1.46. The predicted molar refractivity (Wildman–Crippen MR) is 56.2 cm³/mol. The van der Waals surface area contributed by atoms with Gasteiger partial charge in [-0.15, -0.1) is 0 Å². The number of carboxylic acid groups (broad SMARTS) is 1. The molecule has 2 rings (SSSR count). The van der Waals surface area contributed by atoms with Crippen LogP contribution in [0.3, 0.4) is 0 Å². The molecule has 0 aliphatic heterocycles. The molecule has 82 valence electrons. The van der Waals surface area contributed by atoms with Crippen molar-refractivity contribution in [1.82, 2.24) is 14.5 Å². The van der Waals surface area contributed by atoms with Crippen LogP contribution in [0.5, 0.6) is 0 Å². The van der Waals surface area contributed by atoms with Gasteiger partial charge in [-0.2, -0.15) is 0 Å². The zero-order valence-corrected chi connectivity index (χ0v) is 8.47. The third kappa shape index (κ3) is 1.60. The highest BCUT2D eigenvalue weighted by atomic mass is 16.4. The molecule has 2 N–H and O–H groups in total. The number of rotatable bonds is 2. The first-order valence-corrected chi connectivity index (χ1v) is 4.53. The predicted octanol–water partition coefficient (Wildman–Crippen LogP) is 0.474. The maximum atomic E-state index is 11.1. The minimum atomic E-state index is -1.15. The van der Waals surface area contributed by atoms with Crippen LogP contribution in [0.2, 0.25) is 0 Å². The Morgan fingerprint density at radius 2 is 2.31 bits per heavy atom. The fraction of sp³-hybridized carbons (Fsp3) is 0.100. The lowest BCUT2D eigenvalue weighted by molar-refractivity contribution is 0.0697. The van der Waals surface area contributed by atoms with Crippen LogP contribution >= 0.6 is 0 Å². The van der Waals surface area contributed by atoms with E-state index in [1.165, 1.54) is 6.20 Å². The summed E-state index contributed by atoms with van der Waals surface area (Å²) in [4.78, 5) is 28.5. The summed E-state index contributed by atoms with van der Waals surface area (Å²) >= 11 is 0. The van der Waals surface area contributed by atoms with Gasteiger partial charge in [-0.3, -0.25) is 4.79 Å². The lowest BCUT2D eigenvalue weighted by Crippen LogP contribution is -2.11. The summed E-state index contributed by atoms with van der Waals surface area (Å²) in [7, 11) is 1.75. The summed E-state index contributed by atoms with van der Waals surface area (Å²) in [6.07, 6.45) is 4.62. The first-order valence-electron chi connectivity index (χ1n) is 4.53. The van der Waals surface area contributed by atoms with Crippen molar-refractivity contribution in [1.29, 1.82) is 0 Å². The highest BCUT2D eigenvalue weighted by Gasteiger charge is 2.15. The van der Waals surface area contributed by atoms with Gasteiger partial charge in [0.15, 0.2) is 0 Å². The molecule has 0 radical (unpaired) electrons. The van der Waals surface area contributed by atoms with Crippen LogP contribution in [-0.4, -0.2) is 25.6 Å². The largest absolute Gasteiger partial charge is 0.478 e. The van der Waals surface area contributed by atoms with Gasteiger partial charge in [0.25, 0.3) is 0 Å². The summed E-state index contributed by atoms with van der Waals surface area (Å²) in [5, 5.41) is 8.99. The van der Waals surface area contributed by atoms with Gasteiger partial charge in [0.1, 0.15) is 5.82 Å². The molecule has 0 fully saturated rings. The molecule has 0 amide bonds. The molecule has 0 spiro atoms. The van der Waals surface area contributed by atoms with E-state index in [0.29, 0.717) is 11.4 Å². The number of aromatic carboxylic acids is 1. The molecule has 16 heavy (non-hydrogen) atoms. The quantitative estimate of drug-likeness (QED) is 0.768. The number of aryl methyl sites for hydroxylation is 1. The topological polar surface area (TPSA) is 88.0 Å². The molecule has 0 bridgehead atoms. The maximum Gasteiger partial charge on any atom is 0.336 e. The Labute approximate surface area is 90.2 Å². The van der Waals surface area contributed by atoms with E-state index in [4.69, 9.17) is 5.11 Å². The number of carbonyl (C=O) groups is 1. The number of hydrogen-bond acceptors (Lipinski definition) is 3. The third-order valence-corrected chi connectivity index (χ3v) is 2.22. The normalized spacial score (nSPS) is 10.3. The van der Waals surface area contributed by atoms with E-state index < -0.39 is 11.5 Å². The van der Waals surface area contributed by atoms with E-state index in [2.05, 4.69) is 9.97 Å². The van der Waals surface area contributed by atoms with Gasteiger partial charge in [-0.05, 0) is 0 Å². The molecule has 0 saturated heterocycles. The number of carboxylic acids is 1. The van der Waals surface area contributed by atoms with Crippen molar-refractivity contribution < 1.29 is 9.90 Å². The second-order valence-corrected chi connectivity index (χ2v) is 3.29. The molecule has 0 aliphatic carbocycles. The van der Waals surface area contributed by atoms with Crippen LogP contribution in [0.25, 0.3) is 11.4 Å². The van der Waals surface area contributed by atoms with E-state index in [9.17, 15) is 9.59 Å². The van der Waals surface area contributed by atoms with Crippen LogP contribution in [0.4, 0.5) is 0 Å². The molecule has 0 atom stereocenters. The van der Waals surface area contributed by atoms with Crippen LogP contribution in [-0.2, 0) is 7.05 Å². The number of nitrogens with one attached hydrogen (secondary N) is 1. The van der Waals surface area contributed by atoms with Crippen LogP contribution in [0.15, 0.2) is 29.5 Å². The summed E-state index contributed by atoms with van der Waals surface area (Å²) in [6.45, 7) is 0. The van der Waals surface area contributed by atoms with Crippen molar-refractivity contribution in [3.63, 3.8) is 0 Å². The monoisotopic (exact) mass is 219 g/mol. The minimum absolute atomic E-state index is 0.0574. The second kappa shape index (κ2) is 3.65. The third-order valence-electron chi connectivity index (χ3n) is 2.22. The van der Waals surface area contributed by atoms with Crippen LogP contribution < -0.4 is 5.56 Å². The van der Waals surface area contributed by atoms with E-state index in [1.54, 1.807) is 24.0 Å². The van der Waals surface area contributed by atoms with Gasteiger partial charge < -0.3 is 14.7 Å². The maximum absolute atomic E-state index is 11.1. The Bertz CT molecular complexity index is 597. The number of H-pyrrole nitrogens is 1. The SMILES string of the molecule is Cn1ccnc1-c1c[nH]c(=O)cc1C(=O)O. The van der Waals surface area contributed by atoms with Gasteiger partial charge in [0, 0.05) is 37.3 Å². The first-order chi connectivity index (χ1) is 7.59. The molecular formula is C10H9N3O3. The Hall–Kier alpha value is -2.37. The molecular weight excluding hydrogens is 210 g/mol. The number of aromatic nitrogens is 3. The summed E-state index contributed by atoms with van der Waals surface area (Å²) in [5.41, 5.74) is -0.118. The average Bonchev–Trinajstić information content (AvgIpc) is 2.64. The molecule has 6 nitrogen and oxygen atoms in total. The summed E-state index contributed by atoms with van der Waals surface area (Å²) < 4.78 is 1.68. The fourth-order valence-electron chi connectivity index (χ4n) is 1.46. The van der Waals surface area contributed by atoms with Gasteiger partial charge in [0.2, 0.25) is 5.56 Å². The van der Waals surface area contributed by atoms with Crippen molar-refractivity contribution >= 4 is 5.97 Å². The highest BCUT2D eigenvalue weighted by Crippen LogP contribution is 2.19. The van der Waals surface area contributed by atoms with Crippen molar-refractivity contribution in [3.05, 3.63) is 40.6 Å². The van der Waals surface area contributed by atoms with Crippen molar-refractivity contribution in [2.45, 2.75) is 0 Å². The van der Waals surface area contributed by atoms with E-state index in [1.807, 2.05) is 0 Å². The molecule has 0 aromatic carbocycles. The van der Waals surface area contributed by atoms with Crippen LogP contribution in [0.1, 0.15) is 10.4 Å². The summed E-state index contributed by atoms with van der Waals surface area (Å²) in [5.74, 6) is -0.655. The summed E-state index contributed by atoms with van der Waals surface area (Å²) in [6, 6.07) is 1.05. The van der Waals surface area contributed by atoms with E-state index >= 15 is 0 Å². The van der Waals surface area contributed by atoms with Crippen molar-refractivity contribution in [2.75, 3.05) is 0 Å². The molecule has 2 aromatic rings. The standard InChI is InChI=1S/C10H9N3O3/c1-13-3-2-11-9(13)7-5-12-8(14)4-6(7)10(15)16/h2-5H,1H3,(H,12,14)(H,15,16). The Balaban J connectivity index is 2.70. The average molecular weight is 219 g/mol. The second-order valence-electron chi connectivity index (χ2n) is 3.29. The number of pyridine rings is 1. The first kappa shape index (κ1) is 10.2. The molecule has 2 aromatic heterocycles. The van der Waals surface area contributed by atoms with E-state index in [0.717, 1.165) is 6.07 Å².